The summed E-state index contributed by atoms with van der Waals surface area (Å²) in [5, 5.41) is 3.03. The fourth-order valence-corrected chi connectivity index (χ4v) is 2.88. The molecule has 0 atom stereocenters. The van der Waals surface area contributed by atoms with Crippen LogP contribution in [0, 0.1) is 0 Å². The minimum absolute atomic E-state index is 0.0933. The van der Waals surface area contributed by atoms with Gasteiger partial charge in [-0.05, 0) is 29.5 Å². The van der Waals surface area contributed by atoms with Crippen molar-refractivity contribution in [2.45, 2.75) is 45.4 Å². The first-order chi connectivity index (χ1) is 8.47. The van der Waals surface area contributed by atoms with Crippen LogP contribution < -0.4 is 5.32 Å². The van der Waals surface area contributed by atoms with Gasteiger partial charge in [0.2, 0.25) is 5.91 Å². The highest BCUT2D eigenvalue weighted by atomic mass is 35.5. The third kappa shape index (κ3) is 2.39. The molecule has 2 rings (SSSR count). The Balaban J connectivity index is 2.58. The largest absolute Gasteiger partial charge is 0.326 e. The molecule has 0 radical (unpaired) electrons. The number of amides is 1. The molecule has 0 bridgehead atoms. The van der Waals surface area contributed by atoms with Crippen molar-refractivity contribution in [1.82, 2.24) is 0 Å². The van der Waals surface area contributed by atoms with Crippen LogP contribution in [0.1, 0.15) is 43.9 Å². The maximum absolute atomic E-state index is 11.8. The van der Waals surface area contributed by atoms with Crippen LogP contribution in [0.25, 0.3) is 0 Å². The van der Waals surface area contributed by atoms with E-state index >= 15 is 0 Å². The number of anilines is 1. The van der Waals surface area contributed by atoms with Crippen LogP contribution in [0.2, 0.25) is 0 Å². The normalized spacial score (nSPS) is 17.2. The lowest BCUT2D eigenvalue weighted by molar-refractivity contribution is -0.117. The molecule has 0 aromatic heterocycles. The highest BCUT2D eigenvalue weighted by molar-refractivity contribution is 6.18. The summed E-state index contributed by atoms with van der Waals surface area (Å²) in [6.07, 6.45) is 2.36. The summed E-state index contributed by atoms with van der Waals surface area (Å²) in [6.45, 7) is 6.39. The molecular formula is C15H20ClNO. The fraction of sp³-hybridized carbons (Fsp3) is 0.533. The summed E-state index contributed by atoms with van der Waals surface area (Å²) in [5.74, 6) is 0.752. The van der Waals surface area contributed by atoms with Crippen molar-refractivity contribution in [3.05, 3.63) is 28.8 Å². The van der Waals surface area contributed by atoms with E-state index in [4.69, 9.17) is 11.6 Å². The third-order valence-electron chi connectivity index (χ3n) is 3.64. The van der Waals surface area contributed by atoms with Crippen LogP contribution in [0.5, 0.6) is 0 Å². The molecule has 1 aromatic rings. The molecule has 0 saturated carbocycles. The molecule has 1 N–H and O–H groups in total. The standard InChI is InChI=1S/C15H20ClNO/c1-4-11-7-10(5-6-16)8-12-14(11)17-13(18)9-15(12,2)3/h7-8H,4-6,9H2,1-3H3,(H,17,18). The second kappa shape index (κ2) is 4.93. The summed E-state index contributed by atoms with van der Waals surface area (Å²) in [7, 11) is 0. The molecule has 1 amide bonds. The van der Waals surface area contributed by atoms with Crippen molar-refractivity contribution >= 4 is 23.2 Å². The SMILES string of the molecule is CCc1cc(CCCl)cc2c1NC(=O)CC2(C)C. The summed E-state index contributed by atoms with van der Waals surface area (Å²) in [4.78, 5) is 11.8. The van der Waals surface area contributed by atoms with E-state index in [2.05, 4.69) is 38.2 Å². The maximum Gasteiger partial charge on any atom is 0.225 e. The lowest BCUT2D eigenvalue weighted by atomic mass is 9.76. The van der Waals surface area contributed by atoms with E-state index in [1.807, 2.05) is 0 Å². The van der Waals surface area contributed by atoms with Crippen molar-refractivity contribution in [3.8, 4) is 0 Å². The van der Waals surface area contributed by atoms with Gasteiger partial charge in [0.25, 0.3) is 0 Å². The Labute approximate surface area is 114 Å². The predicted octanol–water partition coefficient (Wildman–Crippen LogP) is 3.65. The predicted molar refractivity (Wildman–Crippen MR) is 76.5 cm³/mol. The number of carbonyl (C=O) groups excluding carboxylic acids is 1. The lowest BCUT2D eigenvalue weighted by Crippen LogP contribution is -2.33. The van der Waals surface area contributed by atoms with E-state index in [-0.39, 0.29) is 11.3 Å². The molecule has 0 spiro atoms. The first-order valence-corrected chi connectivity index (χ1v) is 7.03. The van der Waals surface area contributed by atoms with Crippen LogP contribution in [0.15, 0.2) is 12.1 Å². The van der Waals surface area contributed by atoms with Gasteiger partial charge >= 0.3 is 0 Å². The van der Waals surface area contributed by atoms with E-state index in [0.29, 0.717) is 12.3 Å². The van der Waals surface area contributed by atoms with E-state index in [9.17, 15) is 4.79 Å². The smallest absolute Gasteiger partial charge is 0.225 e. The Kier molecular flexibility index (Phi) is 3.67. The number of halogens is 1. The zero-order valence-corrected chi connectivity index (χ0v) is 12.0. The Morgan fingerprint density at radius 3 is 2.72 bits per heavy atom. The van der Waals surface area contributed by atoms with Crippen molar-refractivity contribution in [3.63, 3.8) is 0 Å². The number of carbonyl (C=O) groups is 1. The van der Waals surface area contributed by atoms with E-state index < -0.39 is 0 Å². The number of nitrogens with one attached hydrogen (secondary N) is 1. The zero-order valence-electron chi connectivity index (χ0n) is 11.3. The quantitative estimate of drug-likeness (QED) is 0.831. The molecule has 0 unspecified atom stereocenters. The fourth-order valence-electron chi connectivity index (χ4n) is 2.66. The zero-order chi connectivity index (χ0) is 13.3. The van der Waals surface area contributed by atoms with Gasteiger partial charge in [0.05, 0.1) is 0 Å². The topological polar surface area (TPSA) is 29.1 Å². The van der Waals surface area contributed by atoms with Crippen molar-refractivity contribution in [1.29, 1.82) is 0 Å². The highest BCUT2D eigenvalue weighted by Crippen LogP contribution is 2.40. The molecule has 0 fully saturated rings. The van der Waals surface area contributed by atoms with Crippen LogP contribution in [0.3, 0.4) is 0 Å². The maximum atomic E-state index is 11.8. The number of aryl methyl sites for hydroxylation is 2. The van der Waals surface area contributed by atoms with Crippen LogP contribution in [-0.2, 0) is 23.1 Å². The Hall–Kier alpha value is -1.02. The van der Waals surface area contributed by atoms with Gasteiger partial charge in [-0.1, -0.05) is 32.9 Å². The van der Waals surface area contributed by atoms with Gasteiger partial charge in [0.1, 0.15) is 0 Å². The second-order valence-corrected chi connectivity index (χ2v) is 5.96. The molecule has 1 aliphatic rings. The number of rotatable bonds is 3. The van der Waals surface area contributed by atoms with Gasteiger partial charge in [-0.2, -0.15) is 0 Å². The third-order valence-corrected chi connectivity index (χ3v) is 3.83. The summed E-state index contributed by atoms with van der Waals surface area (Å²) in [5.41, 5.74) is 4.67. The minimum Gasteiger partial charge on any atom is -0.326 e. The number of fused-ring (bicyclic) bond motifs is 1. The Morgan fingerprint density at radius 2 is 2.11 bits per heavy atom. The summed E-state index contributed by atoms with van der Waals surface area (Å²) >= 11 is 5.84. The van der Waals surface area contributed by atoms with Crippen LogP contribution in [-0.4, -0.2) is 11.8 Å². The molecule has 1 aromatic carbocycles. The molecule has 1 aliphatic heterocycles. The summed E-state index contributed by atoms with van der Waals surface area (Å²) in [6, 6.07) is 4.37. The molecule has 2 nitrogen and oxygen atoms in total. The minimum atomic E-state index is -0.0933. The van der Waals surface area contributed by atoms with Gasteiger partial charge in [-0.15, -0.1) is 11.6 Å². The van der Waals surface area contributed by atoms with Gasteiger partial charge in [0.15, 0.2) is 0 Å². The Bertz CT molecular complexity index is 480. The van der Waals surface area contributed by atoms with Crippen LogP contribution in [0.4, 0.5) is 5.69 Å². The average molecular weight is 266 g/mol. The number of hydrogen-bond donors (Lipinski definition) is 1. The molecule has 3 heteroatoms. The lowest BCUT2D eigenvalue weighted by Gasteiger charge is -2.34. The van der Waals surface area contributed by atoms with Gasteiger partial charge < -0.3 is 5.32 Å². The van der Waals surface area contributed by atoms with Crippen LogP contribution >= 0.6 is 11.6 Å². The highest BCUT2D eigenvalue weighted by Gasteiger charge is 2.33. The first-order valence-electron chi connectivity index (χ1n) is 6.50. The second-order valence-electron chi connectivity index (χ2n) is 5.58. The monoisotopic (exact) mass is 265 g/mol. The first kappa shape index (κ1) is 13.4. The van der Waals surface area contributed by atoms with Gasteiger partial charge in [-0.25, -0.2) is 0 Å². The van der Waals surface area contributed by atoms with Gasteiger partial charge in [-0.3, -0.25) is 4.79 Å². The Morgan fingerprint density at radius 1 is 1.39 bits per heavy atom. The molecule has 18 heavy (non-hydrogen) atoms. The van der Waals surface area contributed by atoms with Crippen molar-refractivity contribution < 1.29 is 4.79 Å². The molecule has 0 saturated heterocycles. The number of hydrogen-bond acceptors (Lipinski definition) is 1. The van der Waals surface area contributed by atoms with E-state index in [1.54, 1.807) is 0 Å². The van der Waals surface area contributed by atoms with Crippen molar-refractivity contribution in [2.24, 2.45) is 0 Å². The number of benzene rings is 1. The van der Waals surface area contributed by atoms with E-state index in [1.165, 1.54) is 16.7 Å². The van der Waals surface area contributed by atoms with Crippen molar-refractivity contribution in [2.75, 3.05) is 11.2 Å². The molecule has 0 aliphatic carbocycles. The number of alkyl halides is 1. The average Bonchev–Trinajstić information content (AvgIpc) is 2.28. The van der Waals surface area contributed by atoms with E-state index in [0.717, 1.165) is 18.5 Å². The molecule has 1 heterocycles. The molecule has 98 valence electrons. The summed E-state index contributed by atoms with van der Waals surface area (Å²) < 4.78 is 0. The van der Waals surface area contributed by atoms with Gasteiger partial charge in [0, 0.05) is 23.4 Å². The molecular weight excluding hydrogens is 246 g/mol.